The topological polar surface area (TPSA) is 80.5 Å². The molecule has 76 valence electrons. The molecule has 0 amide bonds. The van der Waals surface area contributed by atoms with Crippen LogP contribution < -0.4 is 5.73 Å². The first-order chi connectivity index (χ1) is 7.26. The Hall–Kier alpha value is -1.80. The molecule has 0 unspecified atom stereocenters. The van der Waals surface area contributed by atoms with Gasteiger partial charge in [0.15, 0.2) is 5.65 Å². The number of nitrogens with zero attached hydrogens (tertiary/aromatic N) is 4. The largest absolute Gasteiger partial charge is 0.383 e. The lowest BCUT2D eigenvalue weighted by molar-refractivity contribution is 0.784. The number of nitrogens with two attached hydrogens (primary N) is 1. The van der Waals surface area contributed by atoms with Gasteiger partial charge in [0.1, 0.15) is 17.4 Å². The second-order valence-corrected chi connectivity index (χ2v) is 3.38. The van der Waals surface area contributed by atoms with Gasteiger partial charge in [-0.15, -0.1) is 11.6 Å². The Morgan fingerprint density at radius 2 is 2.40 bits per heavy atom. The molecule has 6 heteroatoms. The summed E-state index contributed by atoms with van der Waals surface area (Å²) in [6, 6.07) is 3.59. The van der Waals surface area contributed by atoms with Gasteiger partial charge < -0.3 is 10.3 Å². The van der Waals surface area contributed by atoms with Gasteiger partial charge in [-0.2, -0.15) is 5.26 Å². The second-order valence-electron chi connectivity index (χ2n) is 3.00. The van der Waals surface area contributed by atoms with Crippen LogP contribution >= 0.6 is 11.6 Å². The highest BCUT2D eigenvalue weighted by Crippen LogP contribution is 2.16. The number of hydrogen-bond acceptors (Lipinski definition) is 4. The molecule has 0 aliphatic heterocycles. The third-order valence-corrected chi connectivity index (χ3v) is 2.24. The Labute approximate surface area is 91.1 Å². The number of pyridine rings is 1. The number of aromatic nitrogens is 3. The molecule has 0 aromatic carbocycles. The van der Waals surface area contributed by atoms with Crippen molar-refractivity contribution in [2.45, 2.75) is 6.54 Å². The van der Waals surface area contributed by atoms with Crippen LogP contribution in [0, 0.1) is 11.3 Å². The van der Waals surface area contributed by atoms with Crippen molar-refractivity contribution in [2.75, 3.05) is 11.6 Å². The molecule has 2 aromatic rings. The second kappa shape index (κ2) is 3.75. The van der Waals surface area contributed by atoms with Crippen LogP contribution in [-0.2, 0) is 6.54 Å². The van der Waals surface area contributed by atoms with Crippen molar-refractivity contribution in [3.05, 3.63) is 18.0 Å². The molecule has 0 spiro atoms. The highest BCUT2D eigenvalue weighted by Gasteiger charge is 2.08. The number of alkyl halides is 1. The molecule has 2 N–H and O–H groups in total. The lowest BCUT2D eigenvalue weighted by atomic mass is 10.2. The van der Waals surface area contributed by atoms with Crippen LogP contribution in [-0.4, -0.2) is 20.4 Å². The highest BCUT2D eigenvalue weighted by molar-refractivity contribution is 6.17. The van der Waals surface area contributed by atoms with Crippen LogP contribution in [0.4, 0.5) is 5.82 Å². The van der Waals surface area contributed by atoms with Gasteiger partial charge in [0, 0.05) is 12.4 Å². The van der Waals surface area contributed by atoms with E-state index in [-0.39, 0.29) is 5.82 Å². The molecular formula is C9H8ClN5. The summed E-state index contributed by atoms with van der Waals surface area (Å²) in [5, 5.41) is 8.76. The Kier molecular flexibility index (Phi) is 2.44. The predicted molar refractivity (Wildman–Crippen MR) is 57.4 cm³/mol. The minimum atomic E-state index is 0.223. The molecule has 0 fully saturated rings. The molecule has 0 radical (unpaired) electrons. The Balaban J connectivity index is 2.63. The number of fused-ring (bicyclic) bond motifs is 1. The summed E-state index contributed by atoms with van der Waals surface area (Å²) in [5.41, 5.74) is 7.28. The lowest BCUT2D eigenvalue weighted by Gasteiger charge is -2.01. The van der Waals surface area contributed by atoms with E-state index in [9.17, 15) is 0 Å². The van der Waals surface area contributed by atoms with Crippen LogP contribution in [0.1, 0.15) is 5.56 Å². The molecule has 0 bridgehead atoms. The van der Waals surface area contributed by atoms with E-state index >= 15 is 0 Å². The van der Waals surface area contributed by atoms with Crippen LogP contribution in [0.2, 0.25) is 0 Å². The number of imidazole rings is 1. The molecule has 0 atom stereocenters. The first kappa shape index (κ1) is 9.74. The molecule has 2 heterocycles. The Bertz CT molecular complexity index is 539. The van der Waals surface area contributed by atoms with Crippen molar-refractivity contribution >= 4 is 28.6 Å². The Morgan fingerprint density at radius 3 is 3.07 bits per heavy atom. The number of aryl methyl sites for hydroxylation is 1. The maximum Gasteiger partial charge on any atom is 0.162 e. The van der Waals surface area contributed by atoms with Crippen LogP contribution in [0.15, 0.2) is 12.4 Å². The van der Waals surface area contributed by atoms with Crippen molar-refractivity contribution < 1.29 is 0 Å². The van der Waals surface area contributed by atoms with Crippen molar-refractivity contribution in [2.24, 2.45) is 0 Å². The fourth-order valence-corrected chi connectivity index (χ4v) is 1.53. The van der Waals surface area contributed by atoms with Gasteiger partial charge in [-0.3, -0.25) is 0 Å². The summed E-state index contributed by atoms with van der Waals surface area (Å²) < 4.78 is 1.81. The normalized spacial score (nSPS) is 10.4. The van der Waals surface area contributed by atoms with Crippen LogP contribution in [0.5, 0.6) is 0 Å². The van der Waals surface area contributed by atoms with Gasteiger partial charge in [-0.05, 0) is 6.07 Å². The van der Waals surface area contributed by atoms with Gasteiger partial charge in [0.05, 0.1) is 11.9 Å². The number of hydrogen-bond donors (Lipinski definition) is 1. The van der Waals surface area contributed by atoms with Crippen LogP contribution in [0.3, 0.4) is 0 Å². The number of anilines is 1. The van der Waals surface area contributed by atoms with E-state index in [1.165, 1.54) is 0 Å². The summed E-state index contributed by atoms with van der Waals surface area (Å²) in [4.78, 5) is 8.24. The van der Waals surface area contributed by atoms with Crippen molar-refractivity contribution in [3.63, 3.8) is 0 Å². The van der Waals surface area contributed by atoms with E-state index in [0.717, 1.165) is 0 Å². The maximum atomic E-state index is 8.76. The van der Waals surface area contributed by atoms with Gasteiger partial charge >= 0.3 is 0 Å². The summed E-state index contributed by atoms with van der Waals surface area (Å²) in [6.07, 6.45) is 1.64. The maximum absolute atomic E-state index is 8.76. The average molecular weight is 222 g/mol. The predicted octanol–water partition coefficient (Wildman–Crippen LogP) is 1.12. The number of nitrogen functional groups attached to an aromatic ring is 1. The van der Waals surface area contributed by atoms with Gasteiger partial charge in [0.25, 0.3) is 0 Å². The van der Waals surface area contributed by atoms with Gasteiger partial charge in [-0.25, -0.2) is 9.97 Å². The smallest absolute Gasteiger partial charge is 0.162 e. The SMILES string of the molecule is N#Cc1cc2ncn(CCCl)c2nc1N. The highest BCUT2D eigenvalue weighted by atomic mass is 35.5. The van der Waals surface area contributed by atoms with E-state index in [2.05, 4.69) is 9.97 Å². The van der Waals surface area contributed by atoms with Crippen molar-refractivity contribution in [1.29, 1.82) is 5.26 Å². The lowest BCUT2D eigenvalue weighted by Crippen LogP contribution is -2.01. The molecule has 0 aliphatic rings. The number of rotatable bonds is 2. The zero-order valence-corrected chi connectivity index (χ0v) is 8.57. The van der Waals surface area contributed by atoms with Crippen molar-refractivity contribution in [3.8, 4) is 6.07 Å². The molecule has 2 rings (SSSR count). The summed E-state index contributed by atoms with van der Waals surface area (Å²) >= 11 is 5.63. The fourth-order valence-electron chi connectivity index (χ4n) is 1.34. The summed E-state index contributed by atoms with van der Waals surface area (Å²) in [5.74, 6) is 0.703. The first-order valence-electron chi connectivity index (χ1n) is 4.33. The quantitative estimate of drug-likeness (QED) is 0.771. The van der Waals surface area contributed by atoms with E-state index < -0.39 is 0 Å². The minimum absolute atomic E-state index is 0.223. The monoisotopic (exact) mass is 221 g/mol. The third kappa shape index (κ3) is 1.60. The molecular weight excluding hydrogens is 214 g/mol. The zero-order valence-electron chi connectivity index (χ0n) is 7.81. The molecule has 5 nitrogen and oxygen atoms in total. The van der Waals surface area contributed by atoms with Crippen LogP contribution in [0.25, 0.3) is 11.2 Å². The third-order valence-electron chi connectivity index (χ3n) is 2.07. The number of nitriles is 1. The standard InChI is InChI=1S/C9H8ClN5/c10-1-2-15-5-13-7-3-6(4-11)8(12)14-9(7)15/h3,5H,1-2H2,(H2,12,14). The van der Waals surface area contributed by atoms with Crippen molar-refractivity contribution in [1.82, 2.24) is 14.5 Å². The van der Waals surface area contributed by atoms with E-state index in [1.807, 2.05) is 6.07 Å². The van der Waals surface area contributed by atoms with Gasteiger partial charge in [-0.1, -0.05) is 0 Å². The summed E-state index contributed by atoms with van der Waals surface area (Å²) in [6.45, 7) is 0.621. The average Bonchev–Trinajstić information content (AvgIpc) is 2.61. The van der Waals surface area contributed by atoms with E-state index in [4.69, 9.17) is 22.6 Å². The minimum Gasteiger partial charge on any atom is -0.383 e. The molecule has 0 saturated carbocycles. The zero-order chi connectivity index (χ0) is 10.8. The molecule has 15 heavy (non-hydrogen) atoms. The molecule has 0 saturated heterocycles. The van der Waals surface area contributed by atoms with E-state index in [1.54, 1.807) is 17.0 Å². The fraction of sp³-hybridized carbons (Fsp3) is 0.222. The molecule has 2 aromatic heterocycles. The Morgan fingerprint density at radius 1 is 1.60 bits per heavy atom. The first-order valence-corrected chi connectivity index (χ1v) is 4.87. The number of halogens is 1. The van der Waals surface area contributed by atoms with Gasteiger partial charge in [0.2, 0.25) is 0 Å². The van der Waals surface area contributed by atoms with E-state index in [0.29, 0.717) is 29.2 Å². The molecule has 0 aliphatic carbocycles. The summed E-state index contributed by atoms with van der Waals surface area (Å²) in [7, 11) is 0.